The summed E-state index contributed by atoms with van der Waals surface area (Å²) >= 11 is 5.86. The molecule has 0 amide bonds. The van der Waals surface area contributed by atoms with Crippen LogP contribution in [0.1, 0.15) is 17.4 Å². The van der Waals surface area contributed by atoms with E-state index in [0.29, 0.717) is 16.7 Å². The second-order valence-corrected chi connectivity index (χ2v) is 4.75. The second-order valence-electron chi connectivity index (χ2n) is 4.32. The molecule has 0 bridgehead atoms. The fourth-order valence-corrected chi connectivity index (χ4v) is 1.99. The van der Waals surface area contributed by atoms with Gasteiger partial charge in [0.2, 0.25) is 0 Å². The van der Waals surface area contributed by atoms with Crippen molar-refractivity contribution < 1.29 is 0 Å². The highest BCUT2D eigenvalue weighted by molar-refractivity contribution is 6.30. The van der Waals surface area contributed by atoms with Crippen LogP contribution in [-0.4, -0.2) is 20.2 Å². The van der Waals surface area contributed by atoms with Crippen molar-refractivity contribution >= 4 is 11.6 Å². The number of hydrogen-bond donors (Lipinski definition) is 2. The summed E-state index contributed by atoms with van der Waals surface area (Å²) in [5.74, 6) is 1.18. The van der Waals surface area contributed by atoms with E-state index in [1.807, 2.05) is 24.3 Å². The molecular weight excluding hydrogens is 274 g/mol. The summed E-state index contributed by atoms with van der Waals surface area (Å²) in [5.41, 5.74) is 7.93. The fourth-order valence-electron chi connectivity index (χ4n) is 1.87. The van der Waals surface area contributed by atoms with Crippen LogP contribution < -0.4 is 5.73 Å². The SMILES string of the molecule is NC(c1ccc(Cl)cc1)c1nc(-c2cccnc2)n[nH]1. The average Bonchev–Trinajstić information content (AvgIpc) is 2.98. The molecule has 0 radical (unpaired) electrons. The zero-order valence-electron chi connectivity index (χ0n) is 10.5. The molecule has 2 heterocycles. The molecule has 5 nitrogen and oxygen atoms in total. The van der Waals surface area contributed by atoms with Gasteiger partial charge in [-0.05, 0) is 29.8 Å². The monoisotopic (exact) mass is 285 g/mol. The highest BCUT2D eigenvalue weighted by atomic mass is 35.5. The van der Waals surface area contributed by atoms with Crippen LogP contribution in [0.2, 0.25) is 5.02 Å². The minimum atomic E-state index is -0.370. The molecule has 0 saturated carbocycles. The molecule has 0 aliphatic carbocycles. The Morgan fingerprint density at radius 1 is 1.15 bits per heavy atom. The van der Waals surface area contributed by atoms with Crippen molar-refractivity contribution in [3.63, 3.8) is 0 Å². The summed E-state index contributed by atoms with van der Waals surface area (Å²) in [7, 11) is 0. The van der Waals surface area contributed by atoms with Gasteiger partial charge in [-0.1, -0.05) is 23.7 Å². The molecule has 3 rings (SSSR count). The Morgan fingerprint density at radius 3 is 2.65 bits per heavy atom. The van der Waals surface area contributed by atoms with Crippen LogP contribution in [0.15, 0.2) is 48.8 Å². The van der Waals surface area contributed by atoms with E-state index in [2.05, 4.69) is 20.2 Å². The maximum absolute atomic E-state index is 6.17. The van der Waals surface area contributed by atoms with E-state index in [1.165, 1.54) is 0 Å². The number of rotatable bonds is 3. The van der Waals surface area contributed by atoms with Gasteiger partial charge in [0.05, 0.1) is 6.04 Å². The van der Waals surface area contributed by atoms with Gasteiger partial charge in [0.15, 0.2) is 5.82 Å². The smallest absolute Gasteiger partial charge is 0.182 e. The van der Waals surface area contributed by atoms with Gasteiger partial charge < -0.3 is 5.73 Å². The van der Waals surface area contributed by atoms with Crippen LogP contribution in [0, 0.1) is 0 Å². The Morgan fingerprint density at radius 2 is 1.95 bits per heavy atom. The largest absolute Gasteiger partial charge is 0.318 e. The Bertz CT molecular complexity index is 693. The maximum atomic E-state index is 6.17. The van der Waals surface area contributed by atoms with Gasteiger partial charge in [-0.15, -0.1) is 0 Å². The summed E-state index contributed by atoms with van der Waals surface area (Å²) in [5, 5.41) is 7.71. The third-order valence-electron chi connectivity index (χ3n) is 2.95. The molecular formula is C14H12ClN5. The van der Waals surface area contributed by atoms with Gasteiger partial charge in [-0.3, -0.25) is 10.1 Å². The van der Waals surface area contributed by atoms with Crippen molar-refractivity contribution in [2.24, 2.45) is 5.73 Å². The van der Waals surface area contributed by atoms with Crippen LogP contribution in [-0.2, 0) is 0 Å². The standard InChI is InChI=1S/C14H12ClN5/c15-11-5-3-9(4-6-11)12(16)14-18-13(19-20-14)10-2-1-7-17-8-10/h1-8,12H,16H2,(H,18,19,20). The topological polar surface area (TPSA) is 80.5 Å². The zero-order chi connectivity index (χ0) is 13.9. The first-order chi connectivity index (χ1) is 9.74. The second kappa shape index (κ2) is 5.40. The van der Waals surface area contributed by atoms with E-state index >= 15 is 0 Å². The van der Waals surface area contributed by atoms with Crippen LogP contribution in [0.3, 0.4) is 0 Å². The molecule has 1 atom stereocenters. The van der Waals surface area contributed by atoms with E-state index < -0.39 is 0 Å². The van der Waals surface area contributed by atoms with Crippen molar-refractivity contribution in [2.75, 3.05) is 0 Å². The first-order valence-electron chi connectivity index (χ1n) is 6.08. The Hall–Kier alpha value is -2.24. The van der Waals surface area contributed by atoms with Crippen LogP contribution in [0.5, 0.6) is 0 Å². The van der Waals surface area contributed by atoms with Crippen molar-refractivity contribution in [2.45, 2.75) is 6.04 Å². The maximum Gasteiger partial charge on any atom is 0.182 e. The van der Waals surface area contributed by atoms with Crippen molar-refractivity contribution in [1.29, 1.82) is 0 Å². The number of H-pyrrole nitrogens is 1. The number of benzene rings is 1. The van der Waals surface area contributed by atoms with Crippen LogP contribution >= 0.6 is 11.6 Å². The van der Waals surface area contributed by atoms with E-state index in [9.17, 15) is 0 Å². The third kappa shape index (κ3) is 2.54. The predicted molar refractivity (Wildman–Crippen MR) is 77.1 cm³/mol. The fraction of sp³-hybridized carbons (Fsp3) is 0.0714. The molecule has 20 heavy (non-hydrogen) atoms. The van der Waals surface area contributed by atoms with Gasteiger partial charge in [0.1, 0.15) is 5.82 Å². The summed E-state index contributed by atoms with van der Waals surface area (Å²) in [6.07, 6.45) is 3.41. The zero-order valence-corrected chi connectivity index (χ0v) is 11.2. The molecule has 0 aliphatic heterocycles. The van der Waals surface area contributed by atoms with E-state index in [0.717, 1.165) is 11.1 Å². The molecule has 1 unspecified atom stereocenters. The predicted octanol–water partition coefficient (Wildman–Crippen LogP) is 2.57. The number of nitrogens with two attached hydrogens (primary N) is 1. The lowest BCUT2D eigenvalue weighted by Gasteiger charge is -2.08. The lowest BCUT2D eigenvalue weighted by atomic mass is 10.1. The Labute approximate surface area is 120 Å². The average molecular weight is 286 g/mol. The number of aromatic amines is 1. The summed E-state index contributed by atoms with van der Waals surface area (Å²) in [6, 6.07) is 10.7. The molecule has 6 heteroatoms. The summed E-state index contributed by atoms with van der Waals surface area (Å²) in [4.78, 5) is 8.46. The van der Waals surface area contributed by atoms with E-state index in [4.69, 9.17) is 17.3 Å². The number of halogens is 1. The third-order valence-corrected chi connectivity index (χ3v) is 3.20. The van der Waals surface area contributed by atoms with Crippen molar-refractivity contribution in [3.8, 4) is 11.4 Å². The first-order valence-corrected chi connectivity index (χ1v) is 6.45. The van der Waals surface area contributed by atoms with Gasteiger partial charge in [0.25, 0.3) is 0 Å². The molecule has 2 aromatic heterocycles. The molecule has 3 N–H and O–H groups in total. The lowest BCUT2D eigenvalue weighted by Crippen LogP contribution is -2.13. The number of aromatic nitrogens is 4. The molecule has 1 aromatic carbocycles. The van der Waals surface area contributed by atoms with Gasteiger partial charge in [-0.2, -0.15) is 5.10 Å². The summed E-state index contributed by atoms with van der Waals surface area (Å²) in [6.45, 7) is 0. The Balaban J connectivity index is 1.88. The number of pyridine rings is 1. The minimum absolute atomic E-state index is 0.370. The van der Waals surface area contributed by atoms with Crippen molar-refractivity contribution in [1.82, 2.24) is 20.2 Å². The van der Waals surface area contributed by atoms with E-state index in [-0.39, 0.29) is 6.04 Å². The molecule has 0 fully saturated rings. The van der Waals surface area contributed by atoms with Crippen LogP contribution in [0.4, 0.5) is 0 Å². The molecule has 0 saturated heterocycles. The minimum Gasteiger partial charge on any atom is -0.318 e. The van der Waals surface area contributed by atoms with Gasteiger partial charge in [-0.25, -0.2) is 4.98 Å². The highest BCUT2D eigenvalue weighted by Crippen LogP contribution is 2.20. The number of hydrogen-bond acceptors (Lipinski definition) is 4. The van der Waals surface area contributed by atoms with Crippen LogP contribution in [0.25, 0.3) is 11.4 Å². The molecule has 0 spiro atoms. The number of nitrogens with zero attached hydrogens (tertiary/aromatic N) is 3. The molecule has 100 valence electrons. The highest BCUT2D eigenvalue weighted by Gasteiger charge is 2.14. The Kier molecular flexibility index (Phi) is 3.45. The lowest BCUT2D eigenvalue weighted by molar-refractivity contribution is 0.787. The quantitative estimate of drug-likeness (QED) is 0.775. The van der Waals surface area contributed by atoms with Crippen molar-refractivity contribution in [3.05, 3.63) is 65.2 Å². The number of nitrogens with one attached hydrogen (secondary N) is 1. The molecule has 3 aromatic rings. The van der Waals surface area contributed by atoms with E-state index in [1.54, 1.807) is 24.5 Å². The first kappa shape index (κ1) is 12.8. The molecule has 0 aliphatic rings. The van der Waals surface area contributed by atoms with Gasteiger partial charge in [0, 0.05) is 23.0 Å². The van der Waals surface area contributed by atoms with Gasteiger partial charge >= 0.3 is 0 Å². The summed E-state index contributed by atoms with van der Waals surface area (Å²) < 4.78 is 0. The normalized spacial score (nSPS) is 12.3.